The molecule has 0 aliphatic carbocycles. The molecule has 0 spiro atoms. The minimum Gasteiger partial charge on any atom is -0.481 e. The minimum absolute atomic E-state index is 0.0776. The topological polar surface area (TPSA) is 92.4 Å². The molecule has 0 aromatic carbocycles. The lowest BCUT2D eigenvalue weighted by Crippen LogP contribution is -2.38. The molecule has 0 radical (unpaired) electrons. The standard InChI is InChI=1S/C6H12N2O3/c1-4(2-6(10)11)8-5(9)3-7/h4H,2-3,7H2,1H3,(H,8,9)(H,10,11). The van der Waals surface area contributed by atoms with Crippen molar-refractivity contribution in [3.8, 4) is 0 Å². The van der Waals surface area contributed by atoms with Gasteiger partial charge in [-0.25, -0.2) is 0 Å². The Balaban J connectivity index is 3.60. The molecular weight excluding hydrogens is 148 g/mol. The highest BCUT2D eigenvalue weighted by atomic mass is 16.4. The van der Waals surface area contributed by atoms with Gasteiger partial charge in [-0.1, -0.05) is 0 Å². The van der Waals surface area contributed by atoms with Crippen LogP contribution >= 0.6 is 0 Å². The highest BCUT2D eigenvalue weighted by Crippen LogP contribution is 1.88. The summed E-state index contributed by atoms with van der Waals surface area (Å²) in [6, 6.07) is -0.358. The van der Waals surface area contributed by atoms with Crippen LogP contribution in [0, 0.1) is 0 Å². The highest BCUT2D eigenvalue weighted by Gasteiger charge is 2.08. The first-order chi connectivity index (χ1) is 5.06. The number of rotatable bonds is 4. The van der Waals surface area contributed by atoms with Crippen molar-refractivity contribution in [2.24, 2.45) is 5.73 Å². The highest BCUT2D eigenvalue weighted by molar-refractivity contribution is 5.78. The number of aliphatic carboxylic acids is 1. The van der Waals surface area contributed by atoms with Crippen molar-refractivity contribution in [1.29, 1.82) is 0 Å². The second-order valence-electron chi connectivity index (χ2n) is 2.27. The van der Waals surface area contributed by atoms with E-state index in [2.05, 4.69) is 5.32 Å². The van der Waals surface area contributed by atoms with Crippen LogP contribution in [-0.4, -0.2) is 29.6 Å². The molecule has 0 bridgehead atoms. The number of amides is 1. The minimum atomic E-state index is -0.935. The lowest BCUT2D eigenvalue weighted by Gasteiger charge is -2.09. The molecule has 4 N–H and O–H groups in total. The van der Waals surface area contributed by atoms with Crippen molar-refractivity contribution in [2.45, 2.75) is 19.4 Å². The predicted molar refractivity (Wildman–Crippen MR) is 38.9 cm³/mol. The quantitative estimate of drug-likeness (QED) is 0.488. The smallest absolute Gasteiger partial charge is 0.305 e. The molecule has 5 heteroatoms. The molecule has 5 nitrogen and oxygen atoms in total. The number of carbonyl (C=O) groups is 2. The van der Waals surface area contributed by atoms with Crippen LogP contribution in [0.5, 0.6) is 0 Å². The van der Waals surface area contributed by atoms with Crippen LogP contribution in [-0.2, 0) is 9.59 Å². The summed E-state index contributed by atoms with van der Waals surface area (Å²) in [6.07, 6.45) is -0.0776. The number of carboxylic acids is 1. The average Bonchev–Trinajstić information content (AvgIpc) is 1.85. The first-order valence-electron chi connectivity index (χ1n) is 3.27. The fraction of sp³-hybridized carbons (Fsp3) is 0.667. The average molecular weight is 160 g/mol. The zero-order chi connectivity index (χ0) is 8.85. The Morgan fingerprint density at radius 1 is 1.64 bits per heavy atom. The van der Waals surface area contributed by atoms with Gasteiger partial charge in [0.1, 0.15) is 0 Å². The molecule has 0 aromatic rings. The lowest BCUT2D eigenvalue weighted by molar-refractivity contribution is -0.137. The van der Waals surface area contributed by atoms with Gasteiger partial charge in [0.15, 0.2) is 0 Å². The van der Waals surface area contributed by atoms with Gasteiger partial charge in [-0.15, -0.1) is 0 Å². The van der Waals surface area contributed by atoms with E-state index in [1.807, 2.05) is 0 Å². The van der Waals surface area contributed by atoms with Gasteiger partial charge < -0.3 is 16.2 Å². The van der Waals surface area contributed by atoms with E-state index in [0.29, 0.717) is 0 Å². The Hall–Kier alpha value is -1.10. The van der Waals surface area contributed by atoms with Crippen molar-refractivity contribution in [2.75, 3.05) is 6.54 Å². The van der Waals surface area contributed by atoms with Crippen LogP contribution in [0.15, 0.2) is 0 Å². The van der Waals surface area contributed by atoms with Gasteiger partial charge in [-0.2, -0.15) is 0 Å². The Labute approximate surface area is 64.6 Å². The van der Waals surface area contributed by atoms with E-state index in [-0.39, 0.29) is 24.9 Å². The van der Waals surface area contributed by atoms with Crippen LogP contribution in [0.25, 0.3) is 0 Å². The maximum atomic E-state index is 10.6. The summed E-state index contributed by atoms with van der Waals surface area (Å²) in [4.78, 5) is 20.7. The summed E-state index contributed by atoms with van der Waals surface area (Å²) in [7, 11) is 0. The molecule has 0 aliphatic rings. The van der Waals surface area contributed by atoms with Crippen molar-refractivity contribution in [3.63, 3.8) is 0 Å². The van der Waals surface area contributed by atoms with Gasteiger partial charge in [-0.05, 0) is 6.92 Å². The van der Waals surface area contributed by atoms with Crippen LogP contribution in [0.1, 0.15) is 13.3 Å². The van der Waals surface area contributed by atoms with Crippen LogP contribution in [0.2, 0.25) is 0 Å². The molecule has 0 rings (SSSR count). The Morgan fingerprint density at radius 2 is 2.18 bits per heavy atom. The number of nitrogens with two attached hydrogens (primary N) is 1. The molecule has 11 heavy (non-hydrogen) atoms. The molecule has 0 saturated heterocycles. The van der Waals surface area contributed by atoms with Crippen molar-refractivity contribution in [3.05, 3.63) is 0 Å². The molecule has 0 fully saturated rings. The molecule has 0 heterocycles. The van der Waals surface area contributed by atoms with E-state index in [4.69, 9.17) is 10.8 Å². The fourth-order valence-electron chi connectivity index (χ4n) is 0.647. The van der Waals surface area contributed by atoms with Crippen molar-refractivity contribution in [1.82, 2.24) is 5.32 Å². The van der Waals surface area contributed by atoms with E-state index < -0.39 is 5.97 Å². The molecule has 0 aromatic heterocycles. The predicted octanol–water partition coefficient (Wildman–Crippen LogP) is -1.08. The zero-order valence-corrected chi connectivity index (χ0v) is 6.33. The maximum Gasteiger partial charge on any atom is 0.305 e. The Kier molecular flexibility index (Phi) is 4.21. The lowest BCUT2D eigenvalue weighted by atomic mass is 10.2. The monoisotopic (exact) mass is 160 g/mol. The van der Waals surface area contributed by atoms with Crippen LogP contribution in [0.4, 0.5) is 0 Å². The normalized spacial score (nSPS) is 12.2. The number of carbonyl (C=O) groups excluding carboxylic acids is 1. The largest absolute Gasteiger partial charge is 0.481 e. The zero-order valence-electron chi connectivity index (χ0n) is 6.33. The first kappa shape index (κ1) is 9.90. The molecule has 1 amide bonds. The number of carboxylic acid groups (broad SMARTS) is 1. The summed E-state index contributed by atoms with van der Waals surface area (Å²) >= 11 is 0. The van der Waals surface area contributed by atoms with Crippen molar-refractivity contribution < 1.29 is 14.7 Å². The van der Waals surface area contributed by atoms with Gasteiger partial charge >= 0.3 is 5.97 Å². The molecule has 1 unspecified atom stereocenters. The maximum absolute atomic E-state index is 10.6. The third-order valence-electron chi connectivity index (χ3n) is 1.07. The number of nitrogens with one attached hydrogen (secondary N) is 1. The summed E-state index contributed by atoms with van der Waals surface area (Å²) < 4.78 is 0. The van der Waals surface area contributed by atoms with E-state index >= 15 is 0 Å². The SMILES string of the molecule is CC(CC(=O)O)NC(=O)CN. The van der Waals surface area contributed by atoms with E-state index in [1.54, 1.807) is 6.92 Å². The first-order valence-corrected chi connectivity index (χ1v) is 3.27. The second-order valence-corrected chi connectivity index (χ2v) is 2.27. The number of hydrogen-bond donors (Lipinski definition) is 3. The summed E-state index contributed by atoms with van der Waals surface area (Å²) in [5.41, 5.74) is 4.99. The van der Waals surface area contributed by atoms with Gasteiger partial charge in [0.05, 0.1) is 13.0 Å². The van der Waals surface area contributed by atoms with Crippen LogP contribution < -0.4 is 11.1 Å². The summed E-state index contributed by atoms with van der Waals surface area (Å²) in [6.45, 7) is 1.51. The third kappa shape index (κ3) is 5.35. The molecule has 1 atom stereocenters. The molecular formula is C6H12N2O3. The molecule has 0 saturated carbocycles. The van der Waals surface area contributed by atoms with Crippen LogP contribution in [0.3, 0.4) is 0 Å². The Bertz CT molecular complexity index is 158. The van der Waals surface area contributed by atoms with Crippen molar-refractivity contribution >= 4 is 11.9 Å². The summed E-state index contributed by atoms with van der Waals surface area (Å²) in [5, 5.41) is 10.7. The fourth-order valence-corrected chi connectivity index (χ4v) is 0.647. The van der Waals surface area contributed by atoms with E-state index in [0.717, 1.165) is 0 Å². The van der Waals surface area contributed by atoms with Gasteiger partial charge in [0, 0.05) is 6.04 Å². The number of hydrogen-bond acceptors (Lipinski definition) is 3. The third-order valence-corrected chi connectivity index (χ3v) is 1.07. The van der Waals surface area contributed by atoms with E-state index in [1.165, 1.54) is 0 Å². The van der Waals surface area contributed by atoms with Gasteiger partial charge in [0.2, 0.25) is 5.91 Å². The van der Waals surface area contributed by atoms with E-state index in [9.17, 15) is 9.59 Å². The second kappa shape index (κ2) is 4.68. The van der Waals surface area contributed by atoms with Gasteiger partial charge in [-0.3, -0.25) is 9.59 Å². The summed E-state index contributed by atoms with van der Waals surface area (Å²) in [5.74, 6) is -1.27. The molecule has 64 valence electrons. The van der Waals surface area contributed by atoms with Gasteiger partial charge in [0.25, 0.3) is 0 Å². The Morgan fingerprint density at radius 3 is 2.55 bits per heavy atom. The molecule has 0 aliphatic heterocycles.